The highest BCUT2D eigenvalue weighted by Gasteiger charge is 2.95. The zero-order valence-electron chi connectivity index (χ0n) is 19.8. The van der Waals surface area contributed by atoms with Crippen LogP contribution in [0.2, 0.25) is 0 Å². The normalized spacial score (nSPS) is 15.1. The monoisotopic (exact) mass is 727 g/mol. The van der Waals surface area contributed by atoms with Gasteiger partial charge in [-0.25, -0.2) is 0 Å². The second-order valence-corrected chi connectivity index (χ2v) is 8.74. The molecule has 1 nitrogen and oxygen atoms in total. The van der Waals surface area contributed by atoms with Gasteiger partial charge in [0.15, 0.2) is 0 Å². The van der Waals surface area contributed by atoms with Crippen LogP contribution in [0.4, 0.5) is 74.6 Å². The van der Waals surface area contributed by atoms with Crippen molar-refractivity contribution < 1.29 is 103 Å². The minimum atomic E-state index is -8.60. The number of hydrogen-bond donors (Lipinski definition) is 0. The molecular formula is C20H23F17IN. The SMILES string of the molecule is C=CC[N+](C)(CC=C)CCCCCC(F)(F)C(F)(F)C(F)(F)C(F)(F)C(F)(F)C(F)(F)C(F)(F)C(F)(F)F.[I-]. The van der Waals surface area contributed by atoms with Gasteiger partial charge in [0.05, 0.1) is 26.7 Å². The third-order valence-corrected chi connectivity index (χ3v) is 5.62. The number of nitrogens with zero attached hydrogens (tertiary/aromatic N) is 1. The molecule has 0 aromatic rings. The zero-order chi connectivity index (χ0) is 30.9. The van der Waals surface area contributed by atoms with Crippen molar-refractivity contribution in [3.8, 4) is 0 Å². The van der Waals surface area contributed by atoms with Gasteiger partial charge in [-0.3, -0.25) is 0 Å². The number of quaternary nitrogens is 1. The Morgan fingerprint density at radius 2 is 0.846 bits per heavy atom. The van der Waals surface area contributed by atoms with Crippen LogP contribution in [-0.2, 0) is 0 Å². The fraction of sp³-hybridized carbons (Fsp3) is 0.800. The molecule has 0 bridgehead atoms. The van der Waals surface area contributed by atoms with Gasteiger partial charge in [0.2, 0.25) is 0 Å². The van der Waals surface area contributed by atoms with Gasteiger partial charge in [-0.15, -0.1) is 0 Å². The lowest BCUT2D eigenvalue weighted by molar-refractivity contribution is -0.898. The summed E-state index contributed by atoms with van der Waals surface area (Å²) in [7, 11) is 1.63. The van der Waals surface area contributed by atoms with E-state index >= 15 is 0 Å². The molecule has 0 fully saturated rings. The van der Waals surface area contributed by atoms with Crippen LogP contribution in [0.1, 0.15) is 25.7 Å². The van der Waals surface area contributed by atoms with Gasteiger partial charge in [0.25, 0.3) is 0 Å². The Balaban J connectivity index is 0. The topological polar surface area (TPSA) is 0 Å². The Morgan fingerprint density at radius 1 is 0.513 bits per heavy atom. The fourth-order valence-corrected chi connectivity index (χ4v) is 3.25. The molecule has 0 radical (unpaired) electrons. The predicted molar refractivity (Wildman–Crippen MR) is 100 cm³/mol. The van der Waals surface area contributed by atoms with Crippen molar-refractivity contribution in [2.24, 2.45) is 0 Å². The summed E-state index contributed by atoms with van der Waals surface area (Å²) in [5, 5.41) is 0. The molecule has 234 valence electrons. The average Bonchev–Trinajstić information content (AvgIpc) is 2.72. The molecule has 0 saturated carbocycles. The summed E-state index contributed by atoms with van der Waals surface area (Å²) in [5.41, 5.74) is 0. The van der Waals surface area contributed by atoms with Crippen molar-refractivity contribution in [3.05, 3.63) is 25.3 Å². The van der Waals surface area contributed by atoms with Gasteiger partial charge in [-0.1, -0.05) is 13.2 Å². The lowest BCUT2D eigenvalue weighted by atomic mass is 9.88. The molecule has 0 aliphatic carbocycles. The van der Waals surface area contributed by atoms with Crippen molar-refractivity contribution in [1.82, 2.24) is 0 Å². The maximum atomic E-state index is 13.9. The van der Waals surface area contributed by atoms with E-state index in [0.29, 0.717) is 13.1 Å². The summed E-state index contributed by atoms with van der Waals surface area (Å²) in [6.07, 6.45) is -8.84. The van der Waals surface area contributed by atoms with Crippen LogP contribution in [0.5, 0.6) is 0 Å². The second-order valence-electron chi connectivity index (χ2n) is 8.74. The largest absolute Gasteiger partial charge is 1.00 e. The molecule has 0 saturated heterocycles. The summed E-state index contributed by atoms with van der Waals surface area (Å²) in [6.45, 7) is 7.72. The molecular weight excluding hydrogens is 704 g/mol. The van der Waals surface area contributed by atoms with Crippen LogP contribution in [0, 0.1) is 0 Å². The van der Waals surface area contributed by atoms with Gasteiger partial charge in [0, 0.05) is 6.42 Å². The van der Waals surface area contributed by atoms with Crippen LogP contribution < -0.4 is 24.0 Å². The third kappa shape index (κ3) is 7.07. The molecule has 39 heavy (non-hydrogen) atoms. The molecule has 19 heteroatoms. The molecule has 0 aliphatic heterocycles. The standard InChI is InChI=1S/C20H23F17N.HI/c1-4-10-38(3,11-5-2)12-8-6-7-9-13(21,22)14(23,24)15(25,26)16(27,28)17(29,30)18(31,32)19(33,34)20(35,36)37;/h4-5H,1-2,6-12H2,3H3;1H/q+1;/p-1. The molecule has 0 aromatic heterocycles. The van der Waals surface area contributed by atoms with Crippen molar-refractivity contribution in [2.45, 2.75) is 73.3 Å². The highest BCUT2D eigenvalue weighted by molar-refractivity contribution is 5.15. The van der Waals surface area contributed by atoms with E-state index in [4.69, 9.17) is 0 Å². The molecule has 0 spiro atoms. The Kier molecular flexibility index (Phi) is 12.8. The van der Waals surface area contributed by atoms with E-state index in [2.05, 4.69) is 13.2 Å². The minimum absolute atomic E-state index is 0. The molecule has 0 atom stereocenters. The van der Waals surface area contributed by atoms with Crippen molar-refractivity contribution in [3.63, 3.8) is 0 Å². The first kappa shape index (κ1) is 40.1. The van der Waals surface area contributed by atoms with E-state index in [9.17, 15) is 74.6 Å². The Morgan fingerprint density at radius 3 is 1.18 bits per heavy atom. The lowest BCUT2D eigenvalue weighted by Gasteiger charge is -2.42. The summed E-state index contributed by atoms with van der Waals surface area (Å²) in [6, 6.07) is 0. The molecule has 0 aromatic carbocycles. The van der Waals surface area contributed by atoms with E-state index in [-0.39, 0.29) is 41.4 Å². The van der Waals surface area contributed by atoms with Crippen molar-refractivity contribution in [2.75, 3.05) is 26.7 Å². The lowest BCUT2D eigenvalue weighted by Crippen LogP contribution is -3.00. The van der Waals surface area contributed by atoms with Crippen LogP contribution in [0.3, 0.4) is 0 Å². The average molecular weight is 727 g/mol. The van der Waals surface area contributed by atoms with E-state index < -0.39 is 66.9 Å². The number of hydrogen-bond acceptors (Lipinski definition) is 0. The molecule has 0 aliphatic rings. The number of unbranched alkanes of at least 4 members (excludes halogenated alkanes) is 2. The zero-order valence-corrected chi connectivity index (χ0v) is 21.9. The van der Waals surface area contributed by atoms with E-state index in [1.54, 1.807) is 7.05 Å². The number of likely N-dealkylation sites (N-methyl/N-ethyl adjacent to an activating group) is 1. The Hall–Kier alpha value is -1.02. The molecule has 0 heterocycles. The predicted octanol–water partition coefficient (Wildman–Crippen LogP) is 5.38. The Bertz CT molecular complexity index is 810. The van der Waals surface area contributed by atoms with Gasteiger partial charge >= 0.3 is 47.6 Å². The highest BCUT2D eigenvalue weighted by atomic mass is 127. The van der Waals surface area contributed by atoms with Crippen molar-refractivity contribution >= 4 is 0 Å². The first-order valence-corrected chi connectivity index (χ1v) is 10.3. The minimum Gasteiger partial charge on any atom is -1.00 e. The third-order valence-electron chi connectivity index (χ3n) is 5.62. The summed E-state index contributed by atoms with van der Waals surface area (Å²) >= 11 is 0. The molecule has 0 rings (SSSR count). The van der Waals surface area contributed by atoms with Gasteiger partial charge in [0.1, 0.15) is 0 Å². The van der Waals surface area contributed by atoms with Gasteiger partial charge in [-0.05, 0) is 31.4 Å². The summed E-state index contributed by atoms with van der Waals surface area (Å²) in [4.78, 5) is 0. The van der Waals surface area contributed by atoms with Gasteiger partial charge in [-0.2, -0.15) is 74.6 Å². The van der Waals surface area contributed by atoms with Crippen LogP contribution >= 0.6 is 0 Å². The fourth-order valence-electron chi connectivity index (χ4n) is 3.25. The first-order valence-electron chi connectivity index (χ1n) is 10.3. The van der Waals surface area contributed by atoms with E-state index in [0.717, 1.165) is 0 Å². The number of alkyl halides is 17. The number of rotatable bonds is 16. The van der Waals surface area contributed by atoms with Crippen molar-refractivity contribution in [1.29, 1.82) is 0 Å². The van der Waals surface area contributed by atoms with Crippen LogP contribution in [-0.4, -0.2) is 78.8 Å². The maximum Gasteiger partial charge on any atom is 0.460 e. The highest BCUT2D eigenvalue weighted by Crippen LogP contribution is 2.64. The van der Waals surface area contributed by atoms with Gasteiger partial charge < -0.3 is 28.5 Å². The smallest absolute Gasteiger partial charge is 0.460 e. The quantitative estimate of drug-likeness (QED) is 0.0660. The van der Waals surface area contributed by atoms with E-state index in [1.165, 1.54) is 12.2 Å². The second kappa shape index (κ2) is 12.5. The van der Waals surface area contributed by atoms with E-state index in [1.807, 2.05) is 0 Å². The number of halogens is 18. The molecule has 0 amide bonds. The first-order chi connectivity index (χ1) is 16.6. The summed E-state index contributed by atoms with van der Waals surface area (Å²) in [5.74, 6) is -55.9. The molecule has 0 N–H and O–H groups in total. The molecule has 0 unspecified atom stereocenters. The Labute approximate surface area is 228 Å². The van der Waals surface area contributed by atoms with Crippen LogP contribution in [0.25, 0.3) is 0 Å². The summed E-state index contributed by atoms with van der Waals surface area (Å²) < 4.78 is 225. The maximum absolute atomic E-state index is 13.9. The van der Waals surface area contributed by atoms with Crippen LogP contribution in [0.15, 0.2) is 25.3 Å².